The maximum atomic E-state index is 13.9. The third-order valence-corrected chi connectivity index (χ3v) is 6.79. The van der Waals surface area contributed by atoms with E-state index in [0.29, 0.717) is 5.52 Å². The van der Waals surface area contributed by atoms with Gasteiger partial charge >= 0.3 is 5.97 Å². The Balaban J connectivity index is 1.64. The van der Waals surface area contributed by atoms with E-state index in [4.69, 9.17) is 0 Å². The topological polar surface area (TPSA) is 133 Å². The summed E-state index contributed by atoms with van der Waals surface area (Å²) in [4.78, 5) is 14.9. The lowest BCUT2D eigenvalue weighted by atomic mass is 10.2. The monoisotopic (exact) mass is 568 g/mol. The van der Waals surface area contributed by atoms with Crippen LogP contribution in [0.2, 0.25) is 0 Å². The quantitative estimate of drug-likeness (QED) is 0.0639. The Labute approximate surface area is 217 Å². The van der Waals surface area contributed by atoms with Gasteiger partial charge in [0.15, 0.2) is 5.69 Å². The third kappa shape index (κ3) is 5.44. The molecule has 9 nitrogen and oxygen atoms in total. The van der Waals surface area contributed by atoms with Crippen LogP contribution in [0.5, 0.6) is 11.6 Å². The number of carbonyl (C=O) groups excluding carboxylic acids is 1. The number of nitrogens with one attached hydrogen (secondary N) is 2. The zero-order valence-corrected chi connectivity index (χ0v) is 20.7. The number of aromatic nitrogens is 1. The summed E-state index contributed by atoms with van der Waals surface area (Å²) >= 11 is 0. The average molecular weight is 568 g/mol. The molecular weight excluding hydrogens is 551 g/mol. The van der Waals surface area contributed by atoms with Gasteiger partial charge in [-0.05, 0) is 50.2 Å². The van der Waals surface area contributed by atoms with E-state index in [2.05, 4.69) is 24.7 Å². The highest BCUT2D eigenvalue weighted by Gasteiger charge is 2.29. The molecule has 0 fully saturated rings. The van der Waals surface area contributed by atoms with Crippen LogP contribution in [0.3, 0.4) is 0 Å². The summed E-state index contributed by atoms with van der Waals surface area (Å²) in [5.74, 6) is -15.3. The number of nitrogens with zero attached hydrogens (tertiary/aromatic N) is 2. The fourth-order valence-corrected chi connectivity index (χ4v) is 4.70. The van der Waals surface area contributed by atoms with Crippen LogP contribution in [-0.4, -0.2) is 30.5 Å². The number of ether oxygens (including phenoxy) is 1. The number of benzene rings is 3. The van der Waals surface area contributed by atoms with Crippen LogP contribution in [-0.2, 0) is 10.0 Å². The van der Waals surface area contributed by atoms with Crippen molar-refractivity contribution in [2.45, 2.75) is 24.8 Å². The summed E-state index contributed by atoms with van der Waals surface area (Å²) < 4.78 is 99.7. The van der Waals surface area contributed by atoms with Gasteiger partial charge in [-0.3, -0.25) is 0 Å². The van der Waals surface area contributed by atoms with E-state index in [0.717, 1.165) is 12.1 Å². The highest BCUT2D eigenvalue weighted by atomic mass is 32.2. The lowest BCUT2D eigenvalue weighted by molar-refractivity contribution is 0.0716. The van der Waals surface area contributed by atoms with E-state index in [-0.39, 0.29) is 33.3 Å². The van der Waals surface area contributed by atoms with Gasteiger partial charge in [-0.15, -0.1) is 5.11 Å². The number of sulfonamides is 1. The molecule has 0 unspecified atom stereocenters. The number of hydrogen-bond acceptors (Lipinski definition) is 7. The predicted octanol–water partition coefficient (Wildman–Crippen LogP) is 5.89. The van der Waals surface area contributed by atoms with Crippen molar-refractivity contribution in [1.29, 1.82) is 0 Å². The van der Waals surface area contributed by atoms with Gasteiger partial charge in [0.25, 0.3) is 0 Å². The first-order chi connectivity index (χ1) is 18.3. The second kappa shape index (κ2) is 10.4. The number of aromatic hydroxyl groups is 1. The first kappa shape index (κ1) is 27.7. The Morgan fingerprint density at radius 3 is 2.23 bits per heavy atom. The van der Waals surface area contributed by atoms with Crippen molar-refractivity contribution in [3.8, 4) is 11.6 Å². The van der Waals surface area contributed by atoms with Crippen LogP contribution in [0.25, 0.3) is 10.9 Å². The summed E-state index contributed by atoms with van der Waals surface area (Å²) in [6.45, 7) is 3.29. The molecule has 0 saturated heterocycles. The van der Waals surface area contributed by atoms with Gasteiger partial charge in [-0.25, -0.2) is 31.1 Å². The summed E-state index contributed by atoms with van der Waals surface area (Å²) in [7, 11) is -3.87. The van der Waals surface area contributed by atoms with Gasteiger partial charge < -0.3 is 14.8 Å². The molecule has 0 spiro atoms. The molecule has 0 aliphatic heterocycles. The Hall–Kier alpha value is -4.37. The number of fused-ring (bicyclic) bond motifs is 1. The van der Waals surface area contributed by atoms with E-state index in [1.807, 2.05) is 0 Å². The second-order valence-electron chi connectivity index (χ2n) is 8.34. The van der Waals surface area contributed by atoms with Crippen LogP contribution in [0.15, 0.2) is 57.6 Å². The summed E-state index contributed by atoms with van der Waals surface area (Å²) in [5, 5.41) is 18.3. The molecule has 4 aromatic rings. The molecule has 3 N–H and O–H groups in total. The van der Waals surface area contributed by atoms with Crippen LogP contribution in [0, 0.1) is 29.1 Å². The number of aromatic amines is 1. The molecule has 0 atom stereocenters. The molecule has 0 amide bonds. The van der Waals surface area contributed by atoms with Crippen LogP contribution in [0.4, 0.5) is 33.3 Å². The molecule has 39 heavy (non-hydrogen) atoms. The van der Waals surface area contributed by atoms with Gasteiger partial charge in [-0.1, -0.05) is 6.07 Å². The van der Waals surface area contributed by atoms with Crippen LogP contribution in [0.1, 0.15) is 24.2 Å². The minimum atomic E-state index is -3.87. The van der Waals surface area contributed by atoms with Gasteiger partial charge in [0.1, 0.15) is 0 Å². The summed E-state index contributed by atoms with van der Waals surface area (Å²) in [6.07, 6.45) is 0. The van der Waals surface area contributed by atoms with Gasteiger partial charge in [0.2, 0.25) is 50.7 Å². The maximum absolute atomic E-state index is 13.9. The van der Waals surface area contributed by atoms with Crippen molar-refractivity contribution in [3.05, 3.63) is 77.1 Å². The molecular formula is C24H17F5N4O5S. The SMILES string of the molecule is CC(C)NS(=O)(=O)c1ccc2[nH]c(O)c(N=Nc3cccc(C(=O)Oc4c(F)c(F)c(F)c(F)c4F)c3)c2c1. The molecule has 3 aromatic carbocycles. The van der Waals surface area contributed by atoms with Crippen molar-refractivity contribution >= 4 is 38.3 Å². The Bertz CT molecular complexity index is 1730. The minimum Gasteiger partial charge on any atom is -0.493 e. The summed E-state index contributed by atoms with van der Waals surface area (Å²) in [6, 6.07) is 8.39. The van der Waals surface area contributed by atoms with E-state index < -0.39 is 56.7 Å². The molecule has 1 aromatic heterocycles. The fourth-order valence-electron chi connectivity index (χ4n) is 3.42. The van der Waals surface area contributed by atoms with Gasteiger partial charge in [0, 0.05) is 11.4 Å². The smallest absolute Gasteiger partial charge is 0.343 e. The average Bonchev–Trinajstić information content (AvgIpc) is 3.21. The lowest BCUT2D eigenvalue weighted by Gasteiger charge is -2.09. The molecule has 0 bridgehead atoms. The van der Waals surface area contributed by atoms with Gasteiger partial charge in [0.05, 0.1) is 21.7 Å². The Morgan fingerprint density at radius 1 is 0.949 bits per heavy atom. The van der Waals surface area contributed by atoms with E-state index in [1.54, 1.807) is 13.8 Å². The van der Waals surface area contributed by atoms with E-state index in [1.165, 1.54) is 30.3 Å². The molecule has 0 aliphatic rings. The molecule has 1 heterocycles. The first-order valence-electron chi connectivity index (χ1n) is 10.9. The Kier molecular flexibility index (Phi) is 7.39. The zero-order valence-electron chi connectivity index (χ0n) is 19.9. The predicted molar refractivity (Wildman–Crippen MR) is 127 cm³/mol. The van der Waals surface area contributed by atoms with Gasteiger partial charge in [-0.2, -0.15) is 13.9 Å². The number of H-pyrrole nitrogens is 1. The molecule has 4 rings (SSSR count). The standard InChI is InChI=1S/C24H17F5N4O5S/c1-10(2)33-39(36,37)13-6-7-15-14(9-13)21(23(34)30-15)32-31-12-5-3-4-11(8-12)24(35)38-22-19(28)17(26)16(25)18(27)20(22)29/h3-10,30,33-34H,1-2H3. The maximum Gasteiger partial charge on any atom is 0.343 e. The van der Waals surface area contributed by atoms with Crippen molar-refractivity contribution in [2.75, 3.05) is 0 Å². The molecule has 0 aliphatic carbocycles. The normalized spacial score (nSPS) is 12.1. The van der Waals surface area contributed by atoms with Crippen molar-refractivity contribution in [2.24, 2.45) is 10.2 Å². The van der Waals surface area contributed by atoms with E-state index >= 15 is 0 Å². The molecule has 0 radical (unpaired) electrons. The molecule has 15 heteroatoms. The van der Waals surface area contributed by atoms with E-state index in [9.17, 15) is 40.3 Å². The van der Waals surface area contributed by atoms with Crippen molar-refractivity contribution in [1.82, 2.24) is 9.71 Å². The molecule has 204 valence electrons. The highest BCUT2D eigenvalue weighted by molar-refractivity contribution is 7.89. The first-order valence-corrected chi connectivity index (χ1v) is 12.4. The van der Waals surface area contributed by atoms with Crippen LogP contribution >= 0.6 is 0 Å². The lowest BCUT2D eigenvalue weighted by Crippen LogP contribution is -2.30. The number of carbonyl (C=O) groups is 1. The largest absolute Gasteiger partial charge is 0.493 e. The fraction of sp³-hybridized carbons (Fsp3) is 0.125. The molecule has 0 saturated carbocycles. The third-order valence-electron chi connectivity index (χ3n) is 5.14. The number of azo groups is 1. The number of esters is 1. The zero-order chi connectivity index (χ0) is 28.6. The van der Waals surface area contributed by atoms with Crippen molar-refractivity contribution < 1.29 is 45.0 Å². The Morgan fingerprint density at radius 2 is 1.59 bits per heavy atom. The minimum absolute atomic E-state index is 0.0409. The van der Waals surface area contributed by atoms with Crippen LogP contribution < -0.4 is 9.46 Å². The number of rotatable bonds is 7. The second-order valence-corrected chi connectivity index (χ2v) is 10.1. The van der Waals surface area contributed by atoms with Crippen molar-refractivity contribution in [3.63, 3.8) is 0 Å². The highest BCUT2D eigenvalue weighted by Crippen LogP contribution is 2.37. The summed E-state index contributed by atoms with van der Waals surface area (Å²) in [5.41, 5.74) is -0.224. The number of halogens is 5. The number of hydrogen-bond donors (Lipinski definition) is 3.